The Hall–Kier alpha value is -0.290. The second-order valence-corrected chi connectivity index (χ2v) is 6.18. The molecule has 2 aliphatic rings. The summed E-state index contributed by atoms with van der Waals surface area (Å²) in [7, 11) is 0. The maximum atomic E-state index is 12.6. The van der Waals surface area contributed by atoms with Crippen molar-refractivity contribution in [2.24, 2.45) is 17.6 Å². The molecule has 2 N–H and O–H groups in total. The van der Waals surface area contributed by atoms with E-state index in [0.29, 0.717) is 19.0 Å². The van der Waals surface area contributed by atoms with Crippen LogP contribution in [-0.2, 0) is 0 Å². The Morgan fingerprint density at radius 2 is 1.58 bits per heavy atom. The minimum absolute atomic E-state index is 0.141. The standard InChI is InChI=1S/C14H25F3N2/c15-14(16,17)12-6-8-19(9-7-12)10-13(18)11-4-2-1-3-5-11/h11-13H,1-10,18H2. The molecule has 1 aliphatic carbocycles. The first-order valence-corrected chi connectivity index (χ1v) is 7.51. The third kappa shape index (κ3) is 4.35. The summed E-state index contributed by atoms with van der Waals surface area (Å²) in [6.45, 7) is 1.87. The molecule has 0 aromatic carbocycles. The molecule has 5 heteroatoms. The molecule has 1 saturated carbocycles. The van der Waals surface area contributed by atoms with Gasteiger partial charge in [0.2, 0.25) is 0 Å². The molecular formula is C14H25F3N2. The van der Waals surface area contributed by atoms with Crippen molar-refractivity contribution in [3.05, 3.63) is 0 Å². The van der Waals surface area contributed by atoms with Crippen molar-refractivity contribution in [2.75, 3.05) is 19.6 Å². The number of nitrogens with zero attached hydrogens (tertiary/aromatic N) is 1. The highest BCUT2D eigenvalue weighted by molar-refractivity contribution is 4.83. The predicted molar refractivity (Wildman–Crippen MR) is 69.8 cm³/mol. The third-order valence-electron chi connectivity index (χ3n) is 4.77. The fraction of sp³-hybridized carbons (Fsp3) is 1.00. The Balaban J connectivity index is 1.73. The van der Waals surface area contributed by atoms with Crippen molar-refractivity contribution in [2.45, 2.75) is 57.2 Å². The van der Waals surface area contributed by atoms with Crippen LogP contribution in [0.3, 0.4) is 0 Å². The van der Waals surface area contributed by atoms with Crippen molar-refractivity contribution in [3.63, 3.8) is 0 Å². The Labute approximate surface area is 113 Å². The molecule has 0 radical (unpaired) electrons. The van der Waals surface area contributed by atoms with Gasteiger partial charge in [0.15, 0.2) is 0 Å². The molecule has 1 heterocycles. The van der Waals surface area contributed by atoms with Crippen LogP contribution in [0, 0.1) is 11.8 Å². The zero-order valence-electron chi connectivity index (χ0n) is 11.5. The summed E-state index contributed by atoms with van der Waals surface area (Å²) in [6.07, 6.45) is 2.67. The molecular weight excluding hydrogens is 253 g/mol. The number of piperidine rings is 1. The van der Waals surface area contributed by atoms with Gasteiger partial charge in [-0.1, -0.05) is 19.3 Å². The van der Waals surface area contributed by atoms with Gasteiger partial charge in [-0.15, -0.1) is 0 Å². The minimum Gasteiger partial charge on any atom is -0.326 e. The topological polar surface area (TPSA) is 29.3 Å². The number of alkyl halides is 3. The van der Waals surface area contributed by atoms with E-state index in [1.807, 2.05) is 0 Å². The maximum Gasteiger partial charge on any atom is 0.391 e. The molecule has 112 valence electrons. The van der Waals surface area contributed by atoms with Crippen molar-refractivity contribution >= 4 is 0 Å². The van der Waals surface area contributed by atoms with Gasteiger partial charge in [-0.25, -0.2) is 0 Å². The molecule has 1 unspecified atom stereocenters. The number of likely N-dealkylation sites (tertiary alicyclic amines) is 1. The van der Waals surface area contributed by atoms with E-state index in [1.54, 1.807) is 0 Å². The molecule has 0 amide bonds. The van der Waals surface area contributed by atoms with Crippen molar-refractivity contribution < 1.29 is 13.2 Å². The lowest BCUT2D eigenvalue weighted by Gasteiger charge is -2.36. The van der Waals surface area contributed by atoms with E-state index in [9.17, 15) is 13.2 Å². The summed E-state index contributed by atoms with van der Waals surface area (Å²) in [5.74, 6) is -0.524. The maximum absolute atomic E-state index is 12.6. The van der Waals surface area contributed by atoms with Crippen LogP contribution in [0.15, 0.2) is 0 Å². The Bertz CT molecular complexity index is 266. The second-order valence-electron chi connectivity index (χ2n) is 6.18. The first-order valence-electron chi connectivity index (χ1n) is 7.51. The van der Waals surface area contributed by atoms with Gasteiger partial charge < -0.3 is 10.6 Å². The first-order chi connectivity index (χ1) is 8.97. The summed E-state index contributed by atoms with van der Waals surface area (Å²) < 4.78 is 37.7. The number of hydrogen-bond donors (Lipinski definition) is 1. The zero-order chi connectivity index (χ0) is 13.9. The molecule has 1 atom stereocenters. The molecule has 2 fully saturated rings. The number of halogens is 3. The molecule has 19 heavy (non-hydrogen) atoms. The lowest BCUT2D eigenvalue weighted by atomic mass is 9.84. The summed E-state index contributed by atoms with van der Waals surface area (Å²) in [6, 6.07) is 0.141. The molecule has 2 rings (SSSR count). The van der Waals surface area contributed by atoms with Gasteiger partial charge in [0.1, 0.15) is 0 Å². The Kier molecular flexibility index (Phi) is 5.12. The van der Waals surface area contributed by atoms with Crippen LogP contribution in [0.5, 0.6) is 0 Å². The average molecular weight is 278 g/mol. The van der Waals surface area contributed by atoms with Crippen LogP contribution in [0.2, 0.25) is 0 Å². The molecule has 0 spiro atoms. The van der Waals surface area contributed by atoms with E-state index in [0.717, 1.165) is 6.54 Å². The number of rotatable bonds is 3. The van der Waals surface area contributed by atoms with Gasteiger partial charge in [0.25, 0.3) is 0 Å². The highest BCUT2D eigenvalue weighted by atomic mass is 19.4. The lowest BCUT2D eigenvalue weighted by molar-refractivity contribution is -0.185. The van der Waals surface area contributed by atoms with Crippen LogP contribution in [0.1, 0.15) is 44.9 Å². The monoisotopic (exact) mass is 278 g/mol. The van der Waals surface area contributed by atoms with E-state index in [4.69, 9.17) is 5.73 Å². The van der Waals surface area contributed by atoms with Gasteiger partial charge in [0, 0.05) is 12.6 Å². The van der Waals surface area contributed by atoms with Crippen LogP contribution < -0.4 is 5.73 Å². The molecule has 0 aromatic heterocycles. The molecule has 0 bridgehead atoms. The second kappa shape index (κ2) is 6.44. The molecule has 0 aromatic rings. The smallest absolute Gasteiger partial charge is 0.326 e. The van der Waals surface area contributed by atoms with E-state index < -0.39 is 12.1 Å². The quantitative estimate of drug-likeness (QED) is 0.859. The van der Waals surface area contributed by atoms with Gasteiger partial charge >= 0.3 is 6.18 Å². The van der Waals surface area contributed by atoms with Crippen LogP contribution in [0.4, 0.5) is 13.2 Å². The van der Waals surface area contributed by atoms with Crippen molar-refractivity contribution in [1.82, 2.24) is 4.90 Å². The van der Waals surface area contributed by atoms with E-state index in [-0.39, 0.29) is 18.9 Å². The summed E-state index contributed by atoms with van der Waals surface area (Å²) in [5, 5.41) is 0. The van der Waals surface area contributed by atoms with Gasteiger partial charge in [-0.2, -0.15) is 13.2 Å². The van der Waals surface area contributed by atoms with Crippen molar-refractivity contribution in [3.8, 4) is 0 Å². The normalized spacial score (nSPS) is 26.5. The largest absolute Gasteiger partial charge is 0.391 e. The molecule has 2 nitrogen and oxygen atoms in total. The van der Waals surface area contributed by atoms with Gasteiger partial charge in [0.05, 0.1) is 5.92 Å². The van der Waals surface area contributed by atoms with Crippen molar-refractivity contribution in [1.29, 1.82) is 0 Å². The van der Waals surface area contributed by atoms with Gasteiger partial charge in [-0.05, 0) is 44.7 Å². The Morgan fingerprint density at radius 3 is 2.11 bits per heavy atom. The summed E-state index contributed by atoms with van der Waals surface area (Å²) in [4.78, 5) is 2.13. The van der Waals surface area contributed by atoms with Crippen LogP contribution in [-0.4, -0.2) is 36.8 Å². The lowest BCUT2D eigenvalue weighted by Crippen LogP contribution is -2.47. The number of nitrogens with two attached hydrogens (primary N) is 1. The highest BCUT2D eigenvalue weighted by Crippen LogP contribution is 2.34. The van der Waals surface area contributed by atoms with Gasteiger partial charge in [-0.3, -0.25) is 0 Å². The highest BCUT2D eigenvalue weighted by Gasteiger charge is 2.41. The molecule has 1 saturated heterocycles. The first kappa shape index (κ1) is 15.1. The predicted octanol–water partition coefficient (Wildman–Crippen LogP) is 3.17. The number of hydrogen-bond acceptors (Lipinski definition) is 2. The van der Waals surface area contributed by atoms with Crippen LogP contribution >= 0.6 is 0 Å². The van der Waals surface area contributed by atoms with E-state index >= 15 is 0 Å². The molecule has 1 aliphatic heterocycles. The average Bonchev–Trinajstić information content (AvgIpc) is 2.39. The summed E-state index contributed by atoms with van der Waals surface area (Å²) in [5.41, 5.74) is 6.24. The van der Waals surface area contributed by atoms with Crippen LogP contribution in [0.25, 0.3) is 0 Å². The minimum atomic E-state index is -4.02. The van der Waals surface area contributed by atoms with E-state index in [2.05, 4.69) is 4.90 Å². The van der Waals surface area contributed by atoms with E-state index in [1.165, 1.54) is 32.1 Å². The fourth-order valence-corrected chi connectivity index (χ4v) is 3.45. The third-order valence-corrected chi connectivity index (χ3v) is 4.77. The zero-order valence-corrected chi connectivity index (χ0v) is 11.5. The SMILES string of the molecule is NC(CN1CCC(C(F)(F)F)CC1)C1CCCCC1. The Morgan fingerprint density at radius 1 is 1.00 bits per heavy atom. The fourth-order valence-electron chi connectivity index (χ4n) is 3.45. The summed E-state index contributed by atoms with van der Waals surface area (Å²) >= 11 is 0.